The van der Waals surface area contributed by atoms with Gasteiger partial charge >= 0.3 is 0 Å². The van der Waals surface area contributed by atoms with Gasteiger partial charge in [-0.05, 0) is 51.4 Å². The molecule has 390 valence electrons. The van der Waals surface area contributed by atoms with Crippen molar-refractivity contribution in [3.63, 3.8) is 0 Å². The van der Waals surface area contributed by atoms with Gasteiger partial charge in [-0.3, -0.25) is 30.3 Å². The van der Waals surface area contributed by atoms with Gasteiger partial charge in [0.2, 0.25) is 0 Å². The first kappa shape index (κ1) is 57.9. The standard InChI is InChI=1S/C48H108N18/c49-13-16-53-24-36-65(48-11-4-12-48)37-25-57-23-33-63(43-44-66(52)38-26-55-18-17-54-19-20-58-45-5-1-6-45)32-22-56-21-31-61(29-14-50)39-41-64(35-28-60-47-9-3-10-47)42-40-62(30-15-51)34-27-59-46-7-2-8-46/h45-48,53-60H,1-44,49-52H2. The van der Waals surface area contributed by atoms with Crippen LogP contribution in [0.1, 0.15) is 77.0 Å². The third kappa shape index (κ3) is 27.6. The summed E-state index contributed by atoms with van der Waals surface area (Å²) in [5.41, 5.74) is 18.0. The van der Waals surface area contributed by atoms with Gasteiger partial charge in [-0.1, -0.05) is 25.7 Å². The Balaban J connectivity index is 1.15. The van der Waals surface area contributed by atoms with Crippen LogP contribution in [-0.2, 0) is 0 Å². The van der Waals surface area contributed by atoms with Crippen molar-refractivity contribution in [3.05, 3.63) is 0 Å². The van der Waals surface area contributed by atoms with E-state index in [4.69, 9.17) is 23.0 Å². The number of rotatable bonds is 49. The molecule has 0 spiro atoms. The summed E-state index contributed by atoms with van der Waals surface area (Å²) in [5.74, 6) is 6.55. The number of hydrogen-bond acceptors (Lipinski definition) is 18. The lowest BCUT2D eigenvalue weighted by Gasteiger charge is -2.37. The van der Waals surface area contributed by atoms with Crippen molar-refractivity contribution in [1.82, 2.24) is 72.0 Å². The van der Waals surface area contributed by atoms with Gasteiger partial charge in [-0.15, -0.1) is 0 Å². The van der Waals surface area contributed by atoms with Gasteiger partial charge in [0.05, 0.1) is 0 Å². The predicted octanol–water partition coefficient (Wildman–Crippen LogP) is -2.53. The molecule has 4 fully saturated rings. The molecule has 0 amide bonds. The normalized spacial score (nSPS) is 17.5. The van der Waals surface area contributed by atoms with Crippen LogP contribution in [0.25, 0.3) is 0 Å². The molecule has 4 aliphatic carbocycles. The summed E-state index contributed by atoms with van der Waals surface area (Å²) in [6, 6.07) is 2.97. The minimum absolute atomic E-state index is 0.686. The quantitative estimate of drug-likeness (QED) is 0.0172. The van der Waals surface area contributed by atoms with Crippen molar-refractivity contribution in [3.8, 4) is 0 Å². The number of nitrogens with two attached hydrogens (primary N) is 4. The Morgan fingerprint density at radius 3 is 1.09 bits per heavy atom. The highest BCUT2D eigenvalue weighted by Crippen LogP contribution is 2.24. The number of hydrazine groups is 1. The Labute approximate surface area is 404 Å². The Morgan fingerprint density at radius 1 is 0.303 bits per heavy atom. The van der Waals surface area contributed by atoms with Gasteiger partial charge in [0.1, 0.15) is 0 Å². The molecule has 0 saturated heterocycles. The smallest absolute Gasteiger partial charge is 0.0257 e. The first-order valence-corrected chi connectivity index (χ1v) is 27.5. The maximum Gasteiger partial charge on any atom is 0.0257 e. The van der Waals surface area contributed by atoms with Gasteiger partial charge < -0.3 is 59.7 Å². The molecule has 0 aliphatic heterocycles. The van der Waals surface area contributed by atoms with Crippen LogP contribution in [0.2, 0.25) is 0 Å². The van der Waals surface area contributed by atoms with Crippen LogP contribution in [0.3, 0.4) is 0 Å². The van der Waals surface area contributed by atoms with Crippen LogP contribution in [-0.4, -0.2) is 263 Å². The van der Waals surface area contributed by atoms with Gasteiger partial charge in [0.15, 0.2) is 0 Å². The molecule has 18 nitrogen and oxygen atoms in total. The molecule has 4 saturated carbocycles. The molecule has 0 aromatic carbocycles. The summed E-state index contributed by atoms with van der Waals surface area (Å²) in [7, 11) is 0. The third-order valence-corrected chi connectivity index (χ3v) is 14.8. The van der Waals surface area contributed by atoms with Gasteiger partial charge in [-0.2, -0.15) is 0 Å². The highest BCUT2D eigenvalue weighted by atomic mass is 15.4. The van der Waals surface area contributed by atoms with E-state index in [-0.39, 0.29) is 0 Å². The summed E-state index contributed by atoms with van der Waals surface area (Å²) < 4.78 is 0. The maximum atomic E-state index is 6.55. The molecule has 18 heteroatoms. The maximum absolute atomic E-state index is 6.55. The van der Waals surface area contributed by atoms with Crippen molar-refractivity contribution in [2.24, 2.45) is 23.0 Å². The average Bonchev–Trinajstić information content (AvgIpc) is 3.24. The Bertz CT molecular complexity index is 1080. The second kappa shape index (κ2) is 39.0. The highest BCUT2D eigenvalue weighted by Gasteiger charge is 2.24. The molecular formula is C48H108N18. The molecule has 4 aliphatic rings. The fourth-order valence-corrected chi connectivity index (χ4v) is 9.22. The summed E-state index contributed by atoms with van der Waals surface area (Å²) >= 11 is 0. The molecule has 0 bridgehead atoms. The van der Waals surface area contributed by atoms with E-state index >= 15 is 0 Å². The van der Waals surface area contributed by atoms with Gasteiger partial charge in [0, 0.05) is 234 Å². The summed E-state index contributed by atoms with van der Waals surface area (Å²) in [6.07, 6.45) is 16.2. The first-order valence-electron chi connectivity index (χ1n) is 27.5. The Kier molecular flexibility index (Phi) is 34.2. The number of nitrogens with zero attached hydrogens (tertiary/aromatic N) is 6. The molecule has 0 aromatic heterocycles. The van der Waals surface area contributed by atoms with Gasteiger partial charge in [-0.25, -0.2) is 5.01 Å². The van der Waals surface area contributed by atoms with Crippen molar-refractivity contribution in [2.45, 2.75) is 101 Å². The van der Waals surface area contributed by atoms with E-state index in [9.17, 15) is 0 Å². The van der Waals surface area contributed by atoms with Gasteiger partial charge in [0.25, 0.3) is 0 Å². The van der Waals surface area contributed by atoms with E-state index in [0.717, 1.165) is 214 Å². The van der Waals surface area contributed by atoms with Crippen LogP contribution in [0.4, 0.5) is 0 Å². The SMILES string of the molecule is NCCNCCN(CCNCCN(CCNCCN(CCN)CCN(CCNC1CCC1)CCN(CCN)CCNC1CCC1)CCN(N)CCNCCNCCNC1CCC1)C1CCC1. The largest absolute Gasteiger partial charge is 0.329 e. The van der Waals surface area contributed by atoms with Crippen molar-refractivity contribution in [1.29, 1.82) is 0 Å². The van der Waals surface area contributed by atoms with E-state index in [1.165, 1.54) is 77.0 Å². The summed E-state index contributed by atoms with van der Waals surface area (Å²) in [5, 5.41) is 31.4. The first-order chi connectivity index (χ1) is 32.6. The van der Waals surface area contributed by atoms with E-state index in [2.05, 4.69) is 67.0 Å². The fourth-order valence-electron chi connectivity index (χ4n) is 9.22. The van der Waals surface area contributed by atoms with E-state index in [1.54, 1.807) is 0 Å². The molecule has 16 N–H and O–H groups in total. The van der Waals surface area contributed by atoms with Crippen LogP contribution < -0.4 is 65.6 Å². The van der Waals surface area contributed by atoms with E-state index in [1.807, 2.05) is 5.01 Å². The third-order valence-electron chi connectivity index (χ3n) is 14.8. The topological polar surface area (TPSA) is 220 Å². The Hall–Kier alpha value is -0.720. The van der Waals surface area contributed by atoms with Crippen molar-refractivity contribution in [2.75, 3.05) is 209 Å². The van der Waals surface area contributed by atoms with Crippen LogP contribution in [0.5, 0.6) is 0 Å². The van der Waals surface area contributed by atoms with Crippen molar-refractivity contribution < 1.29 is 0 Å². The van der Waals surface area contributed by atoms with E-state index < -0.39 is 0 Å². The molecule has 0 aromatic rings. The van der Waals surface area contributed by atoms with Crippen LogP contribution in [0, 0.1) is 0 Å². The van der Waals surface area contributed by atoms with Crippen molar-refractivity contribution >= 4 is 0 Å². The molecule has 4 rings (SSSR count). The molecule has 66 heavy (non-hydrogen) atoms. The average molecular weight is 938 g/mol. The second-order valence-corrected chi connectivity index (χ2v) is 19.9. The summed E-state index contributed by atoms with van der Waals surface area (Å²) in [4.78, 5) is 13.1. The van der Waals surface area contributed by atoms with Crippen LogP contribution >= 0.6 is 0 Å². The lowest BCUT2D eigenvalue weighted by atomic mass is 9.91. The van der Waals surface area contributed by atoms with Crippen LogP contribution in [0.15, 0.2) is 0 Å². The van der Waals surface area contributed by atoms with E-state index in [0.29, 0.717) is 19.6 Å². The zero-order chi connectivity index (χ0) is 46.5. The molecule has 0 heterocycles. The second-order valence-electron chi connectivity index (χ2n) is 19.9. The number of hydrogen-bond donors (Lipinski definition) is 12. The molecule has 0 atom stereocenters. The predicted molar refractivity (Wildman–Crippen MR) is 279 cm³/mol. The lowest BCUT2D eigenvalue weighted by molar-refractivity contribution is 0.128. The number of nitrogens with one attached hydrogen (secondary N) is 8. The monoisotopic (exact) mass is 937 g/mol. The molecule has 0 radical (unpaired) electrons. The lowest BCUT2D eigenvalue weighted by Crippen LogP contribution is -2.48. The highest BCUT2D eigenvalue weighted by molar-refractivity contribution is 4.82. The molecule has 0 unspecified atom stereocenters. The summed E-state index contributed by atoms with van der Waals surface area (Å²) in [6.45, 7) is 31.2. The zero-order valence-electron chi connectivity index (χ0n) is 42.4. The molecular weight excluding hydrogens is 829 g/mol. The minimum atomic E-state index is 0.686. The fraction of sp³-hybridized carbons (Fsp3) is 1.00. The Morgan fingerprint density at radius 2 is 0.652 bits per heavy atom. The zero-order valence-corrected chi connectivity index (χ0v) is 42.4. The minimum Gasteiger partial charge on any atom is -0.329 e.